The summed E-state index contributed by atoms with van der Waals surface area (Å²) < 4.78 is 15.7. The van der Waals surface area contributed by atoms with Crippen molar-refractivity contribution >= 4 is 5.97 Å². The van der Waals surface area contributed by atoms with Crippen molar-refractivity contribution in [2.45, 2.75) is 19.6 Å². The zero-order chi connectivity index (χ0) is 12.0. The predicted molar refractivity (Wildman–Crippen MR) is 59.8 cm³/mol. The van der Waals surface area contributed by atoms with E-state index < -0.39 is 12.3 Å². The Balaban J connectivity index is 2.19. The molecule has 0 aromatic heterocycles. The highest BCUT2D eigenvalue weighted by Crippen LogP contribution is 2.15. The van der Waals surface area contributed by atoms with Crippen molar-refractivity contribution < 1.29 is 19.0 Å². The maximum absolute atomic E-state index is 11.1. The molecule has 4 heteroatoms. The van der Waals surface area contributed by atoms with Crippen LogP contribution in [0, 0.1) is 5.92 Å². The lowest BCUT2D eigenvalue weighted by Gasteiger charge is -2.28. The highest BCUT2D eigenvalue weighted by atomic mass is 16.7. The first-order valence-electron chi connectivity index (χ1n) is 5.30. The number of hydrogen-bond donors (Lipinski definition) is 0. The third kappa shape index (κ3) is 4.16. The van der Waals surface area contributed by atoms with E-state index in [0.717, 1.165) is 6.42 Å². The third-order valence-corrected chi connectivity index (χ3v) is 2.23. The van der Waals surface area contributed by atoms with Gasteiger partial charge in [-0.1, -0.05) is 12.7 Å². The van der Waals surface area contributed by atoms with E-state index in [1.807, 2.05) is 6.08 Å². The Kier molecular flexibility index (Phi) is 5.22. The SMILES string of the molecule is C=CCC1COC(COC(=O)C(=C)C)OC1. The smallest absolute Gasteiger partial charge is 0.333 e. The topological polar surface area (TPSA) is 44.8 Å². The Hall–Kier alpha value is -1.13. The van der Waals surface area contributed by atoms with Crippen LogP contribution in [-0.2, 0) is 19.0 Å². The molecule has 1 aliphatic heterocycles. The van der Waals surface area contributed by atoms with Gasteiger partial charge in [0.1, 0.15) is 6.61 Å². The molecule has 0 unspecified atom stereocenters. The van der Waals surface area contributed by atoms with Crippen molar-refractivity contribution in [3.8, 4) is 0 Å². The highest BCUT2D eigenvalue weighted by Gasteiger charge is 2.22. The minimum Gasteiger partial charge on any atom is -0.457 e. The largest absolute Gasteiger partial charge is 0.457 e. The van der Waals surface area contributed by atoms with Crippen molar-refractivity contribution in [2.75, 3.05) is 19.8 Å². The Bertz CT molecular complexity index is 264. The van der Waals surface area contributed by atoms with Crippen LogP contribution in [0.3, 0.4) is 0 Å². The molecule has 1 rings (SSSR count). The van der Waals surface area contributed by atoms with E-state index in [1.54, 1.807) is 6.92 Å². The molecule has 0 saturated carbocycles. The molecule has 0 atom stereocenters. The average Bonchev–Trinajstić information content (AvgIpc) is 2.28. The number of hydrogen-bond acceptors (Lipinski definition) is 4. The predicted octanol–water partition coefficient (Wildman–Crippen LogP) is 1.67. The summed E-state index contributed by atoms with van der Waals surface area (Å²) in [6, 6.07) is 0. The van der Waals surface area contributed by atoms with Crippen LogP contribution in [0.15, 0.2) is 24.8 Å². The van der Waals surface area contributed by atoms with Crippen LogP contribution >= 0.6 is 0 Å². The maximum Gasteiger partial charge on any atom is 0.333 e. The summed E-state index contributed by atoms with van der Waals surface area (Å²) in [6.07, 6.45) is 2.27. The summed E-state index contributed by atoms with van der Waals surface area (Å²) >= 11 is 0. The fraction of sp³-hybridized carbons (Fsp3) is 0.583. The van der Waals surface area contributed by atoms with E-state index in [0.29, 0.717) is 24.7 Å². The van der Waals surface area contributed by atoms with Crippen LogP contribution < -0.4 is 0 Å². The third-order valence-electron chi connectivity index (χ3n) is 2.23. The van der Waals surface area contributed by atoms with E-state index in [4.69, 9.17) is 14.2 Å². The second-order valence-corrected chi connectivity index (χ2v) is 3.87. The Labute approximate surface area is 95.9 Å². The number of esters is 1. The van der Waals surface area contributed by atoms with Crippen molar-refractivity contribution in [3.63, 3.8) is 0 Å². The molecule has 1 fully saturated rings. The summed E-state index contributed by atoms with van der Waals surface area (Å²) in [4.78, 5) is 11.1. The fourth-order valence-corrected chi connectivity index (χ4v) is 1.32. The van der Waals surface area contributed by atoms with E-state index in [2.05, 4.69) is 13.2 Å². The molecule has 1 saturated heterocycles. The summed E-state index contributed by atoms with van der Waals surface area (Å²) in [5, 5.41) is 0. The first-order valence-corrected chi connectivity index (χ1v) is 5.30. The Morgan fingerprint density at radius 3 is 2.62 bits per heavy atom. The van der Waals surface area contributed by atoms with Gasteiger partial charge in [-0.3, -0.25) is 0 Å². The molecule has 0 amide bonds. The van der Waals surface area contributed by atoms with Crippen molar-refractivity contribution in [1.82, 2.24) is 0 Å². The van der Waals surface area contributed by atoms with Crippen LogP contribution in [0.1, 0.15) is 13.3 Å². The molecular formula is C12H18O4. The van der Waals surface area contributed by atoms with Gasteiger partial charge < -0.3 is 14.2 Å². The number of allylic oxidation sites excluding steroid dienone is 1. The van der Waals surface area contributed by atoms with Crippen LogP contribution in [-0.4, -0.2) is 32.1 Å². The summed E-state index contributed by atoms with van der Waals surface area (Å²) in [5.41, 5.74) is 0.375. The first-order chi connectivity index (χ1) is 7.63. The highest BCUT2D eigenvalue weighted by molar-refractivity contribution is 5.86. The van der Waals surface area contributed by atoms with Crippen molar-refractivity contribution in [3.05, 3.63) is 24.8 Å². The molecule has 1 aliphatic rings. The van der Waals surface area contributed by atoms with E-state index in [-0.39, 0.29) is 6.61 Å². The van der Waals surface area contributed by atoms with Crippen molar-refractivity contribution in [1.29, 1.82) is 0 Å². The molecule has 0 N–H and O–H groups in total. The lowest BCUT2D eigenvalue weighted by Crippen LogP contribution is -2.35. The minimum atomic E-state index is -0.454. The van der Waals surface area contributed by atoms with Gasteiger partial charge in [-0.15, -0.1) is 6.58 Å². The lowest BCUT2D eigenvalue weighted by atomic mass is 10.1. The summed E-state index contributed by atoms with van der Waals surface area (Å²) in [5.74, 6) is -0.0639. The van der Waals surface area contributed by atoms with Gasteiger partial charge in [0.2, 0.25) is 0 Å². The zero-order valence-corrected chi connectivity index (χ0v) is 9.61. The molecule has 0 aliphatic carbocycles. The van der Waals surface area contributed by atoms with E-state index in [9.17, 15) is 4.79 Å². The second-order valence-electron chi connectivity index (χ2n) is 3.87. The molecule has 1 heterocycles. The quantitative estimate of drug-likeness (QED) is 0.406. The van der Waals surface area contributed by atoms with Gasteiger partial charge in [0, 0.05) is 11.5 Å². The standard InChI is InChI=1S/C12H18O4/c1-4-5-10-6-14-11(15-7-10)8-16-12(13)9(2)3/h4,10-11H,1-2,5-8H2,3H3. The molecule has 16 heavy (non-hydrogen) atoms. The van der Waals surface area contributed by atoms with Gasteiger partial charge in [0.25, 0.3) is 0 Å². The second kappa shape index (κ2) is 6.45. The number of ether oxygens (including phenoxy) is 3. The summed E-state index contributed by atoms with van der Waals surface area (Å²) in [6.45, 7) is 10.1. The van der Waals surface area contributed by atoms with Crippen LogP contribution in [0.25, 0.3) is 0 Å². The molecule has 4 nitrogen and oxygen atoms in total. The molecule has 0 aromatic carbocycles. The van der Waals surface area contributed by atoms with Crippen LogP contribution in [0.4, 0.5) is 0 Å². The van der Waals surface area contributed by atoms with Gasteiger partial charge in [0.15, 0.2) is 6.29 Å². The minimum absolute atomic E-state index is 0.118. The summed E-state index contributed by atoms with van der Waals surface area (Å²) in [7, 11) is 0. The van der Waals surface area contributed by atoms with Gasteiger partial charge in [0.05, 0.1) is 13.2 Å². The van der Waals surface area contributed by atoms with E-state index >= 15 is 0 Å². The fourth-order valence-electron chi connectivity index (χ4n) is 1.32. The van der Waals surface area contributed by atoms with E-state index in [1.165, 1.54) is 0 Å². The lowest BCUT2D eigenvalue weighted by molar-refractivity contribution is -0.220. The molecule has 0 aromatic rings. The zero-order valence-electron chi connectivity index (χ0n) is 9.61. The maximum atomic E-state index is 11.1. The van der Waals surface area contributed by atoms with Gasteiger partial charge in [-0.25, -0.2) is 4.79 Å². The molecule has 0 spiro atoms. The normalized spacial score (nSPS) is 24.8. The van der Waals surface area contributed by atoms with Gasteiger partial charge in [-0.2, -0.15) is 0 Å². The Morgan fingerprint density at radius 2 is 2.12 bits per heavy atom. The molecule has 90 valence electrons. The van der Waals surface area contributed by atoms with Crippen molar-refractivity contribution in [2.24, 2.45) is 5.92 Å². The molecule has 0 bridgehead atoms. The van der Waals surface area contributed by atoms with Crippen LogP contribution in [0.5, 0.6) is 0 Å². The van der Waals surface area contributed by atoms with Crippen LogP contribution in [0.2, 0.25) is 0 Å². The van der Waals surface area contributed by atoms with Gasteiger partial charge in [-0.05, 0) is 13.3 Å². The Morgan fingerprint density at radius 1 is 1.50 bits per heavy atom. The molecular weight excluding hydrogens is 208 g/mol. The average molecular weight is 226 g/mol. The first kappa shape index (κ1) is 12.9. The number of carbonyl (C=O) groups is 1. The number of rotatable bonds is 5. The molecule has 0 radical (unpaired) electrons. The number of carbonyl (C=O) groups excluding carboxylic acids is 1. The van der Waals surface area contributed by atoms with Gasteiger partial charge >= 0.3 is 5.97 Å². The monoisotopic (exact) mass is 226 g/mol.